The van der Waals surface area contributed by atoms with Gasteiger partial charge in [0.2, 0.25) is 0 Å². The zero-order valence-corrected chi connectivity index (χ0v) is 61.2. The number of aromatic carboxylic acids is 1. The van der Waals surface area contributed by atoms with Crippen molar-refractivity contribution in [1.82, 2.24) is 47.5 Å². The van der Waals surface area contributed by atoms with Gasteiger partial charge in [0.15, 0.2) is 22.5 Å². The minimum Gasteiger partial charge on any atom is -0.477 e. The van der Waals surface area contributed by atoms with Crippen molar-refractivity contribution in [3.63, 3.8) is 0 Å². The number of carbonyl (C=O) groups excluding carboxylic acids is 7. The summed E-state index contributed by atoms with van der Waals surface area (Å²) in [6.45, 7) is 17.7. The van der Waals surface area contributed by atoms with Gasteiger partial charge in [-0.15, -0.1) is 11.6 Å². The minimum atomic E-state index is -1.14. The predicted octanol–water partition coefficient (Wildman–Crippen LogP) is 12.7. The van der Waals surface area contributed by atoms with Crippen LogP contribution >= 0.6 is 75.3 Å². The van der Waals surface area contributed by atoms with E-state index in [2.05, 4.69) is 109 Å². The SMILES string of the molecule is CCOC(=O)C(Cl)C(C)=O.CCOC(=O)CC(C)=O.CCOC(=O)c1c(C)nc2ccc(Br)cn12.Cc1cccc(-c2ccccc2-c2ccc3nc(C)c(C(N)=O)n3c2)n1.Cc1nc2ccc(Br)cn2c1C(=O)O.Cc1nc2ccc(Br)cn2c1C(N)=O.Nc1ccc(Br)cn1. The Labute approximate surface area is 595 Å². The average molecular weight is 1600 g/mol. The van der Waals surface area contributed by atoms with Crippen molar-refractivity contribution >= 4 is 151 Å². The van der Waals surface area contributed by atoms with E-state index in [-0.39, 0.29) is 36.3 Å². The molecule has 97 heavy (non-hydrogen) atoms. The summed E-state index contributed by atoms with van der Waals surface area (Å²) in [5.74, 6) is -3.36. The average Bonchev–Trinajstić information content (AvgIpc) is 1.76. The van der Waals surface area contributed by atoms with E-state index in [0.717, 1.165) is 57.3 Å². The molecule has 0 aliphatic rings. The summed E-state index contributed by atoms with van der Waals surface area (Å²) in [6.07, 6.45) is 8.74. The highest BCUT2D eigenvalue weighted by Gasteiger charge is 2.22. The molecular weight excluding hydrogens is 1530 g/mol. The molecule has 1 unspecified atom stereocenters. The summed E-state index contributed by atoms with van der Waals surface area (Å²) in [6, 6.07) is 32.6. The lowest BCUT2D eigenvalue weighted by Gasteiger charge is -2.11. The van der Waals surface area contributed by atoms with Gasteiger partial charge in [-0.25, -0.2) is 39.3 Å². The molecule has 0 saturated carbocycles. The number of halogens is 5. The molecule has 1 atom stereocenters. The number of ketones is 2. The van der Waals surface area contributed by atoms with Gasteiger partial charge in [-0.2, -0.15) is 0 Å². The topological polar surface area (TPSA) is 358 Å². The van der Waals surface area contributed by atoms with E-state index in [4.69, 9.17) is 38.6 Å². The first-order valence-electron chi connectivity index (χ1n) is 29.2. The molecule has 0 radical (unpaired) electrons. The number of carboxylic acids is 1. The lowest BCUT2D eigenvalue weighted by Crippen LogP contribution is -2.24. The normalized spacial score (nSPS) is 10.6. The van der Waals surface area contributed by atoms with Crippen molar-refractivity contribution < 1.29 is 57.7 Å². The van der Waals surface area contributed by atoms with Crippen molar-refractivity contribution in [1.29, 1.82) is 0 Å². The number of esters is 3. The van der Waals surface area contributed by atoms with Crippen LogP contribution in [0.1, 0.15) is 111 Å². The van der Waals surface area contributed by atoms with Gasteiger partial charge in [-0.05, 0) is 217 Å². The van der Waals surface area contributed by atoms with Crippen LogP contribution in [0, 0.1) is 34.6 Å². The van der Waals surface area contributed by atoms with Crippen LogP contribution in [0.5, 0.6) is 0 Å². The van der Waals surface area contributed by atoms with Gasteiger partial charge in [0, 0.05) is 60.1 Å². The number of Topliss-reactive ketones (excluding diaryl/α,β-unsaturated/α-hetero) is 2. The summed E-state index contributed by atoms with van der Waals surface area (Å²) in [4.78, 5) is 113. The fourth-order valence-electron chi connectivity index (χ4n) is 8.86. The van der Waals surface area contributed by atoms with E-state index < -0.39 is 35.1 Å². The van der Waals surface area contributed by atoms with Crippen molar-refractivity contribution in [3.8, 4) is 22.4 Å². The van der Waals surface area contributed by atoms with Crippen LogP contribution < -0.4 is 17.2 Å². The van der Waals surface area contributed by atoms with Crippen molar-refractivity contribution in [2.24, 2.45) is 11.5 Å². The van der Waals surface area contributed by atoms with Gasteiger partial charge >= 0.3 is 23.9 Å². The largest absolute Gasteiger partial charge is 0.477 e. The van der Waals surface area contributed by atoms with Gasteiger partial charge in [0.05, 0.1) is 48.3 Å². The molecule has 10 heterocycles. The highest BCUT2D eigenvalue weighted by atomic mass is 79.9. The number of hydrogen-bond acceptors (Lipinski definition) is 18. The third-order valence-electron chi connectivity index (χ3n) is 12.9. The minimum absolute atomic E-state index is 0.103. The Hall–Kier alpha value is -9.55. The lowest BCUT2D eigenvalue weighted by molar-refractivity contribution is -0.146. The Morgan fingerprint density at radius 2 is 0.948 bits per heavy atom. The van der Waals surface area contributed by atoms with Gasteiger partial charge < -0.3 is 36.5 Å². The molecule has 0 aliphatic carbocycles. The predicted molar refractivity (Wildman–Crippen MR) is 381 cm³/mol. The number of aryl methyl sites for hydroxylation is 5. The van der Waals surface area contributed by atoms with E-state index in [0.29, 0.717) is 70.2 Å². The Bertz CT molecular complexity index is 4550. The van der Waals surface area contributed by atoms with E-state index in [9.17, 15) is 38.4 Å². The number of fused-ring (bicyclic) bond motifs is 4. The molecule has 0 fully saturated rings. The maximum absolute atomic E-state index is 11.8. The fourth-order valence-corrected chi connectivity index (χ4v) is 10.2. The van der Waals surface area contributed by atoms with Crippen LogP contribution in [-0.2, 0) is 33.4 Å². The number of carboxylic acid groups (broad SMARTS) is 1. The Morgan fingerprint density at radius 1 is 0.515 bits per heavy atom. The molecule has 0 bridgehead atoms. The molecule has 10 aromatic heterocycles. The number of anilines is 1. The number of aromatic nitrogens is 10. The van der Waals surface area contributed by atoms with Crippen molar-refractivity contribution in [3.05, 3.63) is 203 Å². The number of rotatable bonds is 13. The Balaban J connectivity index is 0.000000213. The molecule has 0 aliphatic heterocycles. The second kappa shape index (κ2) is 37.1. The van der Waals surface area contributed by atoms with Crippen LogP contribution in [0.15, 0.2) is 152 Å². The summed E-state index contributed by atoms with van der Waals surface area (Å²) < 4.78 is 24.2. The molecule has 7 N–H and O–H groups in total. The monoisotopic (exact) mass is 1600 g/mol. The molecular formula is C67H68Br4ClN13O12. The molecule has 0 spiro atoms. The number of amides is 2. The van der Waals surface area contributed by atoms with Gasteiger partial charge in [0.25, 0.3) is 11.8 Å². The summed E-state index contributed by atoms with van der Waals surface area (Å²) in [7, 11) is 0. The molecule has 11 rings (SSSR count). The number of hydrogen-bond donors (Lipinski definition) is 4. The van der Waals surface area contributed by atoms with Gasteiger partial charge in [-0.1, -0.05) is 30.3 Å². The smallest absolute Gasteiger partial charge is 0.357 e. The number of nitrogens with zero attached hydrogens (tertiary/aromatic N) is 10. The quantitative estimate of drug-likeness (QED) is 0.0360. The van der Waals surface area contributed by atoms with Gasteiger partial charge in [0.1, 0.15) is 52.0 Å². The van der Waals surface area contributed by atoms with Crippen LogP contribution in [-0.4, -0.2) is 125 Å². The van der Waals surface area contributed by atoms with Crippen LogP contribution in [0.2, 0.25) is 0 Å². The first-order valence-corrected chi connectivity index (χ1v) is 32.8. The molecule has 508 valence electrons. The second-order valence-electron chi connectivity index (χ2n) is 20.3. The van der Waals surface area contributed by atoms with E-state index in [1.807, 2.05) is 104 Å². The summed E-state index contributed by atoms with van der Waals surface area (Å²) in [5, 5.41) is 7.83. The maximum Gasteiger partial charge on any atom is 0.357 e. The Kier molecular flexibility index (Phi) is 29.9. The van der Waals surface area contributed by atoms with E-state index in [1.54, 1.807) is 96.8 Å². The maximum atomic E-state index is 11.8. The first-order chi connectivity index (χ1) is 45.9. The van der Waals surface area contributed by atoms with Crippen LogP contribution in [0.3, 0.4) is 0 Å². The van der Waals surface area contributed by atoms with Crippen LogP contribution in [0.25, 0.3) is 45.0 Å². The molecule has 2 amide bonds. The summed E-state index contributed by atoms with van der Waals surface area (Å²) in [5.41, 5.74) is 27.8. The zero-order valence-electron chi connectivity index (χ0n) is 54.1. The molecule has 30 heteroatoms. The number of ether oxygens (including phenoxy) is 3. The third-order valence-corrected chi connectivity index (χ3v) is 15.3. The van der Waals surface area contributed by atoms with E-state index >= 15 is 0 Å². The highest BCUT2D eigenvalue weighted by Crippen LogP contribution is 2.32. The lowest BCUT2D eigenvalue weighted by atomic mass is 9.98. The number of benzene rings is 1. The zero-order chi connectivity index (χ0) is 72.0. The number of imidazole rings is 4. The molecule has 11 aromatic rings. The Morgan fingerprint density at radius 3 is 1.37 bits per heavy atom. The first kappa shape index (κ1) is 78.1. The third kappa shape index (κ3) is 22.3. The number of pyridine rings is 6. The second-order valence-corrected chi connectivity index (χ2v) is 24.4. The van der Waals surface area contributed by atoms with Gasteiger partial charge in [-0.3, -0.25) is 46.6 Å². The molecule has 0 saturated heterocycles. The van der Waals surface area contributed by atoms with Crippen LogP contribution in [0.4, 0.5) is 5.82 Å². The molecule has 25 nitrogen and oxygen atoms in total. The highest BCUT2D eigenvalue weighted by molar-refractivity contribution is 9.11. The number of nitrogens with two attached hydrogens (primary N) is 3. The summed E-state index contributed by atoms with van der Waals surface area (Å²) >= 11 is 18.5. The fraction of sp³-hybridized carbons (Fsp3) is 0.224. The molecule has 1 aromatic carbocycles. The number of carbonyl (C=O) groups is 8. The van der Waals surface area contributed by atoms with Crippen molar-refractivity contribution in [2.45, 2.75) is 81.0 Å². The van der Waals surface area contributed by atoms with Crippen molar-refractivity contribution in [2.75, 3.05) is 25.6 Å². The number of primary amides is 2. The number of alkyl halides is 1. The van der Waals surface area contributed by atoms with E-state index in [1.165, 1.54) is 13.8 Å². The standard InChI is InChI=1S/C21H18N4O.C11H11BrN2O2.C9H8BrN3O.C9H7BrN2O2.C6H9ClO3.C6H10O3.C5H5BrN2/c1-13-6-5-9-18(23-13)17-8-4-3-7-16(17)15-10-11-19-24-14(2)20(21(22)26)25(19)12-15;1-3-16-11(15)10-7(2)13-9-5-4-8(12)6-14(9)10;1-5-8(9(11)14)13-4-6(10)2-3-7(13)12-5;1-5-8(9(13)14)12-4-6(10)2-3-7(12)11-5;1-3-10-6(9)5(7)4(2)8;1-3-9-6(8)4-5(2)7;6-4-1-2-5(7)8-3-4/h3-12H,1-2H3,(H2,22,26);4-6H,3H2,1-2H3;2-4H,1H3,(H2,11,14);2-4H,1H3,(H,13,14);5H,3H2,1-2H3;3-4H2,1-2H3;1-3H,(H2,7,8). The number of nitrogen functional groups attached to an aromatic ring is 1.